The predicted molar refractivity (Wildman–Crippen MR) is 60.9 cm³/mol. The Morgan fingerprint density at radius 2 is 1.44 bits per heavy atom. The van der Waals surface area contributed by atoms with E-state index in [0.29, 0.717) is 0 Å². The van der Waals surface area contributed by atoms with E-state index in [4.69, 9.17) is 22.6 Å². The molecule has 0 bridgehead atoms. The zero-order valence-electron chi connectivity index (χ0n) is 9.84. The first-order chi connectivity index (χ1) is 6.91. The lowest BCUT2D eigenvalue weighted by molar-refractivity contribution is -0.132. The van der Waals surface area contributed by atoms with Crippen molar-refractivity contribution in [1.82, 2.24) is 4.90 Å². The second kappa shape index (κ2) is 10.6. The van der Waals surface area contributed by atoms with Gasteiger partial charge in [-0.25, -0.2) is 4.79 Å². The monoisotopic (exact) mass is 257 g/mol. The van der Waals surface area contributed by atoms with E-state index in [1.54, 1.807) is 0 Å². The predicted octanol–water partition coefficient (Wildman–Crippen LogP) is 0.562. The highest BCUT2D eigenvalue weighted by Gasteiger charge is 1.90. The highest BCUT2D eigenvalue weighted by Crippen LogP contribution is 1.81. The van der Waals surface area contributed by atoms with E-state index in [1.165, 1.54) is 6.92 Å². The van der Waals surface area contributed by atoms with Crippen molar-refractivity contribution < 1.29 is 27.4 Å². The average Bonchev–Trinajstić information content (AvgIpc) is 2.02. The van der Waals surface area contributed by atoms with Crippen molar-refractivity contribution in [3.63, 3.8) is 0 Å². The molecule has 16 heavy (non-hydrogen) atoms. The van der Waals surface area contributed by atoms with E-state index in [-0.39, 0.29) is 5.57 Å². The van der Waals surface area contributed by atoms with E-state index < -0.39 is 16.4 Å². The Kier molecular flexibility index (Phi) is 13.5. The van der Waals surface area contributed by atoms with Crippen LogP contribution in [-0.2, 0) is 15.2 Å². The normalized spacial score (nSPS) is 9.44. The van der Waals surface area contributed by atoms with Crippen molar-refractivity contribution in [3.05, 3.63) is 12.2 Å². The van der Waals surface area contributed by atoms with Crippen LogP contribution >= 0.6 is 0 Å². The van der Waals surface area contributed by atoms with Gasteiger partial charge in [0.05, 0.1) is 0 Å². The topological polar surface area (TPSA) is 115 Å². The number of hydrogen-bond acceptors (Lipinski definition) is 4. The summed E-state index contributed by atoms with van der Waals surface area (Å²) >= 11 is 0. The smallest absolute Gasteiger partial charge is 0.394 e. The minimum atomic E-state index is -4.67. The van der Waals surface area contributed by atoms with E-state index in [1.807, 2.05) is 0 Å². The molecular formula is C8H19NO6S. The number of carboxylic acid groups (broad SMARTS) is 1. The van der Waals surface area contributed by atoms with Gasteiger partial charge in [-0.15, -0.1) is 0 Å². The molecule has 0 aromatic rings. The van der Waals surface area contributed by atoms with Crippen LogP contribution in [-0.4, -0.2) is 54.1 Å². The van der Waals surface area contributed by atoms with E-state index in [9.17, 15) is 4.79 Å². The molecule has 0 aromatic heterocycles. The summed E-state index contributed by atoms with van der Waals surface area (Å²) in [7, 11) is -0.556. The fourth-order valence-corrected chi connectivity index (χ4v) is 0. The van der Waals surface area contributed by atoms with Crippen molar-refractivity contribution in [2.75, 3.05) is 20.6 Å². The van der Waals surface area contributed by atoms with Crippen LogP contribution in [0.4, 0.5) is 0 Å². The largest absolute Gasteiger partial charge is 0.478 e. The summed E-state index contributed by atoms with van der Waals surface area (Å²) in [5.74, 6) is -0.935. The molecule has 3 N–H and O–H groups in total. The van der Waals surface area contributed by atoms with Gasteiger partial charge in [-0.1, -0.05) is 13.5 Å². The summed E-state index contributed by atoms with van der Waals surface area (Å²) in [6, 6.07) is 0. The molecule has 0 atom stereocenters. The Morgan fingerprint density at radius 1 is 1.31 bits per heavy atom. The van der Waals surface area contributed by atoms with Crippen LogP contribution in [0.25, 0.3) is 0 Å². The summed E-state index contributed by atoms with van der Waals surface area (Å²) < 4.78 is 31.6. The number of nitrogens with zero attached hydrogens (tertiary/aromatic N) is 1. The first-order valence-corrected chi connectivity index (χ1v) is 5.54. The highest BCUT2D eigenvalue weighted by molar-refractivity contribution is 7.79. The second-order valence-corrected chi connectivity index (χ2v) is 3.82. The molecule has 0 radical (unpaired) electrons. The lowest BCUT2D eigenvalue weighted by atomic mass is 10.4. The quantitative estimate of drug-likeness (QED) is 0.489. The Hall–Kier alpha value is -0.960. The molecule has 98 valence electrons. The number of carbonyl (C=O) groups is 1. The first-order valence-electron chi connectivity index (χ1n) is 4.15. The Morgan fingerprint density at radius 3 is 1.44 bits per heavy atom. The molecule has 0 aliphatic heterocycles. The Labute approximate surface area is 96.0 Å². The van der Waals surface area contributed by atoms with E-state index in [0.717, 1.165) is 6.54 Å². The second-order valence-electron chi connectivity index (χ2n) is 2.93. The van der Waals surface area contributed by atoms with Crippen molar-refractivity contribution in [2.24, 2.45) is 0 Å². The lowest BCUT2D eigenvalue weighted by Crippen LogP contribution is -2.08. The third-order valence-electron chi connectivity index (χ3n) is 0.998. The third kappa shape index (κ3) is 74.4. The van der Waals surface area contributed by atoms with Crippen LogP contribution in [0.2, 0.25) is 0 Å². The van der Waals surface area contributed by atoms with Gasteiger partial charge in [-0.05, 0) is 27.6 Å². The van der Waals surface area contributed by atoms with Gasteiger partial charge in [0.25, 0.3) is 0 Å². The molecule has 0 rings (SSSR count). The summed E-state index contributed by atoms with van der Waals surface area (Å²) in [6.07, 6.45) is 0. The average molecular weight is 257 g/mol. The molecule has 0 spiro atoms. The van der Waals surface area contributed by atoms with Crippen LogP contribution in [0.3, 0.4) is 0 Å². The maximum atomic E-state index is 9.60. The number of hydrogen-bond donors (Lipinski definition) is 3. The molecule has 0 unspecified atom stereocenters. The number of aliphatic carboxylic acids is 1. The van der Waals surface area contributed by atoms with Crippen LogP contribution in [0.15, 0.2) is 12.2 Å². The molecule has 0 amide bonds. The van der Waals surface area contributed by atoms with Crippen LogP contribution in [0.5, 0.6) is 0 Å². The summed E-state index contributed by atoms with van der Waals surface area (Å²) in [5, 5.41) is 7.89. The molecule has 0 saturated carbocycles. The van der Waals surface area contributed by atoms with Gasteiger partial charge >= 0.3 is 16.4 Å². The minimum Gasteiger partial charge on any atom is -0.478 e. The van der Waals surface area contributed by atoms with Gasteiger partial charge in [0.2, 0.25) is 0 Å². The Balaban J connectivity index is -0.000000160. The van der Waals surface area contributed by atoms with Gasteiger partial charge in [0.15, 0.2) is 0 Å². The molecule has 0 saturated heterocycles. The van der Waals surface area contributed by atoms with Crippen molar-refractivity contribution in [2.45, 2.75) is 13.8 Å². The molecule has 0 heterocycles. The zero-order chi connectivity index (χ0) is 13.9. The molecule has 0 fully saturated rings. The highest BCUT2D eigenvalue weighted by atomic mass is 32.3. The Bertz CT molecular complexity index is 276. The fraction of sp³-hybridized carbons (Fsp3) is 0.625. The summed E-state index contributed by atoms with van der Waals surface area (Å²) in [4.78, 5) is 11.7. The fourth-order valence-electron chi connectivity index (χ4n) is 0. The number of rotatable bonds is 2. The molecule has 0 aromatic carbocycles. The van der Waals surface area contributed by atoms with Crippen LogP contribution < -0.4 is 0 Å². The van der Waals surface area contributed by atoms with Crippen molar-refractivity contribution in [3.8, 4) is 0 Å². The van der Waals surface area contributed by atoms with Gasteiger partial charge in [-0.2, -0.15) is 8.42 Å². The van der Waals surface area contributed by atoms with Crippen LogP contribution in [0.1, 0.15) is 13.8 Å². The summed E-state index contributed by atoms with van der Waals surface area (Å²) in [5.41, 5.74) is 0.176. The molecule has 0 aliphatic rings. The molecule has 7 nitrogen and oxygen atoms in total. The van der Waals surface area contributed by atoms with Crippen molar-refractivity contribution in [1.29, 1.82) is 0 Å². The lowest BCUT2D eigenvalue weighted by Gasteiger charge is -2.00. The summed E-state index contributed by atoms with van der Waals surface area (Å²) in [6.45, 7) is 7.87. The van der Waals surface area contributed by atoms with E-state index >= 15 is 0 Å². The third-order valence-corrected chi connectivity index (χ3v) is 0.998. The maximum absolute atomic E-state index is 9.60. The van der Waals surface area contributed by atoms with E-state index in [2.05, 4.69) is 32.5 Å². The van der Waals surface area contributed by atoms with Gasteiger partial charge in [0.1, 0.15) is 0 Å². The first kappa shape index (κ1) is 20.5. The minimum absolute atomic E-state index is 0.176. The van der Waals surface area contributed by atoms with Gasteiger partial charge in [-0.3, -0.25) is 9.11 Å². The van der Waals surface area contributed by atoms with Crippen molar-refractivity contribution >= 4 is 16.4 Å². The maximum Gasteiger partial charge on any atom is 0.394 e. The molecule has 8 heteroatoms. The molecular weight excluding hydrogens is 238 g/mol. The molecule has 0 aliphatic carbocycles. The number of carboxylic acids is 1. The SMILES string of the molecule is C=C(C)C(=O)O.CCN(C)C.O=S(=O)(O)O. The standard InChI is InChI=1S/C4H11N.C4H6O2.H2O4S/c1-4-5(2)3;1-3(2)4(5)6;1-5(2,3)4/h4H2,1-3H3;1H2,2H3,(H,5,6);(H2,1,2,3,4). The zero-order valence-corrected chi connectivity index (χ0v) is 10.7. The van der Waals surface area contributed by atoms with Crippen LogP contribution in [0, 0.1) is 0 Å². The van der Waals surface area contributed by atoms with Gasteiger partial charge in [0, 0.05) is 5.57 Å². The van der Waals surface area contributed by atoms with Gasteiger partial charge < -0.3 is 10.0 Å².